The summed E-state index contributed by atoms with van der Waals surface area (Å²) in [4.78, 5) is 19.8. The zero-order valence-electron chi connectivity index (χ0n) is 14.8. The normalized spacial score (nSPS) is 16.8. The van der Waals surface area contributed by atoms with Crippen LogP contribution in [-0.2, 0) is 4.79 Å². The third-order valence-corrected chi connectivity index (χ3v) is 4.60. The topological polar surface area (TPSA) is 87.1 Å². The molecule has 1 aromatic carbocycles. The molecule has 148 valence electrons. The van der Waals surface area contributed by atoms with Crippen LogP contribution in [0.2, 0.25) is 0 Å². The summed E-state index contributed by atoms with van der Waals surface area (Å²) in [6, 6.07) is 3.04. The second-order valence-corrected chi connectivity index (χ2v) is 6.65. The second kappa shape index (κ2) is 7.67. The number of anilines is 2. The van der Waals surface area contributed by atoms with Crippen LogP contribution in [0.25, 0.3) is 6.08 Å². The zero-order valence-corrected chi connectivity index (χ0v) is 15.6. The van der Waals surface area contributed by atoms with Crippen molar-refractivity contribution in [2.45, 2.75) is 31.8 Å². The van der Waals surface area contributed by atoms with Gasteiger partial charge in [0.05, 0.1) is 22.7 Å². The Morgan fingerprint density at radius 3 is 2.64 bits per heavy atom. The number of benzene rings is 1. The van der Waals surface area contributed by atoms with Crippen LogP contribution in [0, 0.1) is 12.7 Å². The van der Waals surface area contributed by atoms with Crippen molar-refractivity contribution in [3.05, 3.63) is 52.1 Å². The molecule has 3 N–H and O–H groups in total. The molecule has 1 aromatic heterocycles. The Kier molecular flexibility index (Phi) is 5.46. The van der Waals surface area contributed by atoms with Crippen LogP contribution in [0.15, 0.2) is 23.8 Å². The number of aliphatic carboxylic acids is 1. The fourth-order valence-corrected chi connectivity index (χ4v) is 3.15. The van der Waals surface area contributed by atoms with Gasteiger partial charge in [0.1, 0.15) is 28.8 Å². The minimum absolute atomic E-state index is 0.0317. The van der Waals surface area contributed by atoms with Gasteiger partial charge in [0, 0.05) is 5.56 Å². The first-order chi connectivity index (χ1) is 13.2. The van der Waals surface area contributed by atoms with Gasteiger partial charge in [-0.15, -0.1) is 0 Å². The van der Waals surface area contributed by atoms with Crippen LogP contribution >= 0.6 is 11.6 Å². The van der Waals surface area contributed by atoms with Crippen molar-refractivity contribution in [1.82, 2.24) is 9.97 Å². The number of fused-ring (bicyclic) bond motifs is 1. The average Bonchev–Trinajstić information content (AvgIpc) is 2.60. The second-order valence-electron chi connectivity index (χ2n) is 6.21. The molecule has 1 unspecified atom stereocenters. The van der Waals surface area contributed by atoms with E-state index in [9.17, 15) is 23.1 Å². The van der Waals surface area contributed by atoms with Crippen LogP contribution in [0.5, 0.6) is 0 Å². The average molecular weight is 413 g/mol. The van der Waals surface area contributed by atoms with E-state index in [2.05, 4.69) is 20.6 Å². The van der Waals surface area contributed by atoms with E-state index in [0.29, 0.717) is 17.2 Å². The van der Waals surface area contributed by atoms with E-state index in [1.165, 1.54) is 18.2 Å². The number of halogens is 4. The van der Waals surface area contributed by atoms with Gasteiger partial charge in [-0.2, -0.15) is 0 Å². The highest BCUT2D eigenvalue weighted by Crippen LogP contribution is 2.34. The van der Waals surface area contributed by atoms with Crippen molar-refractivity contribution in [3.8, 4) is 0 Å². The lowest BCUT2D eigenvalue weighted by Crippen LogP contribution is -2.26. The van der Waals surface area contributed by atoms with Gasteiger partial charge < -0.3 is 15.7 Å². The summed E-state index contributed by atoms with van der Waals surface area (Å²) in [7, 11) is 0. The summed E-state index contributed by atoms with van der Waals surface area (Å²) < 4.78 is 40.4. The minimum atomic E-state index is -2.94. The quantitative estimate of drug-likeness (QED) is 0.495. The molecule has 0 spiro atoms. The van der Waals surface area contributed by atoms with Crippen molar-refractivity contribution in [1.29, 1.82) is 0 Å². The largest absolute Gasteiger partial charge is 0.478 e. The minimum Gasteiger partial charge on any atom is -0.478 e. The van der Waals surface area contributed by atoms with Gasteiger partial charge in [-0.25, -0.2) is 27.9 Å². The summed E-state index contributed by atoms with van der Waals surface area (Å²) in [6.07, 6.45) is -1.61. The summed E-state index contributed by atoms with van der Waals surface area (Å²) >= 11 is 6.02. The third-order valence-electron chi connectivity index (χ3n) is 4.25. The molecule has 0 aliphatic carbocycles. The van der Waals surface area contributed by atoms with E-state index in [1.54, 1.807) is 13.8 Å². The van der Waals surface area contributed by atoms with Crippen molar-refractivity contribution in [2.24, 2.45) is 0 Å². The van der Waals surface area contributed by atoms with Crippen molar-refractivity contribution < 1.29 is 23.1 Å². The Hall–Kier alpha value is -2.81. The molecule has 0 radical (unpaired) electrons. The van der Waals surface area contributed by atoms with Gasteiger partial charge in [0.2, 0.25) is 0 Å². The smallest absolute Gasteiger partial charge is 0.334 e. The summed E-state index contributed by atoms with van der Waals surface area (Å²) in [5.41, 5.74) is -1.42. The molecule has 0 amide bonds. The first kappa shape index (κ1) is 19.9. The molecule has 0 fully saturated rings. The van der Waals surface area contributed by atoms with E-state index in [1.807, 2.05) is 0 Å². The van der Waals surface area contributed by atoms with Gasteiger partial charge in [-0.1, -0.05) is 29.8 Å². The number of hydrogen-bond donors (Lipinski definition) is 3. The van der Waals surface area contributed by atoms with Gasteiger partial charge in [0.15, 0.2) is 0 Å². The lowest BCUT2D eigenvalue weighted by Gasteiger charge is -2.24. The molecule has 0 saturated heterocycles. The highest BCUT2D eigenvalue weighted by atomic mass is 35.5. The molecule has 3 rings (SSSR count). The molecule has 1 aliphatic heterocycles. The fraction of sp³-hybridized carbons (Fsp3) is 0.278. The van der Waals surface area contributed by atoms with Crippen molar-refractivity contribution >= 4 is 35.3 Å². The van der Waals surface area contributed by atoms with E-state index < -0.39 is 35.3 Å². The van der Waals surface area contributed by atoms with Crippen LogP contribution in [0.1, 0.15) is 41.9 Å². The number of nitrogens with one attached hydrogen (secondary N) is 2. The monoisotopic (exact) mass is 412 g/mol. The van der Waals surface area contributed by atoms with E-state index in [-0.39, 0.29) is 17.0 Å². The molecule has 0 saturated carbocycles. The lowest BCUT2D eigenvalue weighted by molar-refractivity contribution is -0.132. The highest BCUT2D eigenvalue weighted by Gasteiger charge is 2.28. The summed E-state index contributed by atoms with van der Waals surface area (Å²) in [5, 5.41) is 15.0. The Morgan fingerprint density at radius 2 is 2.00 bits per heavy atom. The van der Waals surface area contributed by atoms with E-state index >= 15 is 0 Å². The van der Waals surface area contributed by atoms with Crippen LogP contribution in [0.3, 0.4) is 0 Å². The molecule has 1 aliphatic rings. The van der Waals surface area contributed by atoms with Gasteiger partial charge >= 0.3 is 5.97 Å². The predicted molar refractivity (Wildman–Crippen MR) is 99.0 cm³/mol. The molecule has 2 aromatic rings. The van der Waals surface area contributed by atoms with E-state index in [4.69, 9.17) is 11.6 Å². The molecule has 2 atom stereocenters. The van der Waals surface area contributed by atoms with Crippen LogP contribution in [0.4, 0.5) is 24.8 Å². The Morgan fingerprint density at radius 1 is 1.32 bits per heavy atom. The fourth-order valence-electron chi connectivity index (χ4n) is 2.89. The number of hydrogen-bond acceptors (Lipinski definition) is 5. The number of nitrogens with zero attached hydrogens (tertiary/aromatic N) is 2. The van der Waals surface area contributed by atoms with Crippen LogP contribution < -0.4 is 10.6 Å². The Bertz CT molecular complexity index is 968. The summed E-state index contributed by atoms with van der Waals surface area (Å²) in [5.74, 6) is -1.31. The maximum Gasteiger partial charge on any atom is 0.334 e. The van der Waals surface area contributed by atoms with Gasteiger partial charge in [-0.3, -0.25) is 0 Å². The number of aryl methyl sites for hydroxylation is 1. The number of aromatic nitrogens is 2. The first-order valence-electron chi connectivity index (χ1n) is 8.26. The number of carbonyl (C=O) groups is 1. The Balaban J connectivity index is 2.01. The molecular weight excluding hydrogens is 397 g/mol. The number of rotatable bonds is 5. The molecular formula is C18H16ClF3N4O2. The van der Waals surface area contributed by atoms with Crippen molar-refractivity contribution in [3.63, 3.8) is 0 Å². The molecule has 28 heavy (non-hydrogen) atoms. The SMILES string of the molecule is Cc1nc2c(c(N[C@H](C)c3cccc(C(F)F)c3F)n1)C=C(C(=O)O)C(Cl)N2. The van der Waals surface area contributed by atoms with Gasteiger partial charge in [0.25, 0.3) is 6.43 Å². The maximum atomic E-state index is 14.4. The summed E-state index contributed by atoms with van der Waals surface area (Å²) in [6.45, 7) is 3.20. The maximum absolute atomic E-state index is 14.4. The molecule has 2 heterocycles. The number of carboxylic acids is 1. The highest BCUT2D eigenvalue weighted by molar-refractivity contribution is 6.27. The standard InChI is InChI=1S/C18H16ClF3N4O2/c1-7(9-4-3-5-10(13(9)20)15(21)22)23-16-12-6-11(18(27)28)14(19)26-17(12)25-8(2)24-16/h3-7,14-15H,1-2H3,(H,27,28)(H2,23,24,25,26)/t7-,14?/m1/s1. The third kappa shape index (κ3) is 3.75. The lowest BCUT2D eigenvalue weighted by atomic mass is 10.0. The zero-order chi connectivity index (χ0) is 20.6. The molecule has 0 bridgehead atoms. The molecule has 10 heteroatoms. The number of alkyl halides is 3. The van der Waals surface area contributed by atoms with Crippen molar-refractivity contribution in [2.75, 3.05) is 10.6 Å². The Labute approximate surface area is 163 Å². The van der Waals surface area contributed by atoms with Gasteiger partial charge in [-0.05, 0) is 19.9 Å². The van der Waals surface area contributed by atoms with Crippen LogP contribution in [-0.4, -0.2) is 26.5 Å². The van der Waals surface area contributed by atoms with E-state index in [0.717, 1.165) is 6.07 Å². The first-order valence-corrected chi connectivity index (χ1v) is 8.69. The molecule has 6 nitrogen and oxygen atoms in total. The predicted octanol–water partition coefficient (Wildman–Crippen LogP) is 4.49. The number of carboxylic acid groups (broad SMARTS) is 1.